The number of hydrogen-bond donors (Lipinski definition) is 2. The first-order valence-corrected chi connectivity index (χ1v) is 7.79. The Labute approximate surface area is 157 Å². The number of rotatable bonds is 6. The van der Waals surface area contributed by atoms with E-state index < -0.39 is 46.4 Å². The minimum absolute atomic E-state index is 0.0500. The average molecular weight is 396 g/mol. The third-order valence-corrected chi connectivity index (χ3v) is 3.64. The molecule has 2 aromatic rings. The van der Waals surface area contributed by atoms with Gasteiger partial charge in [-0.25, -0.2) is 13.2 Å². The second-order valence-corrected chi connectivity index (χ2v) is 5.81. The van der Waals surface area contributed by atoms with Crippen molar-refractivity contribution in [2.75, 3.05) is 30.9 Å². The van der Waals surface area contributed by atoms with Gasteiger partial charge in [-0.05, 0) is 18.2 Å². The van der Waals surface area contributed by atoms with Crippen molar-refractivity contribution < 1.29 is 27.7 Å². The normalized spacial score (nSPS) is 10.3. The van der Waals surface area contributed by atoms with Gasteiger partial charge in [0.25, 0.3) is 11.6 Å². The summed E-state index contributed by atoms with van der Waals surface area (Å²) in [4.78, 5) is 36.0. The fourth-order valence-corrected chi connectivity index (χ4v) is 2.28. The zero-order chi connectivity index (χ0) is 21.0. The first kappa shape index (κ1) is 20.7. The van der Waals surface area contributed by atoms with Crippen LogP contribution >= 0.6 is 0 Å². The van der Waals surface area contributed by atoms with Crippen molar-refractivity contribution in [3.05, 3.63) is 63.5 Å². The predicted octanol–water partition coefficient (Wildman–Crippen LogP) is 2.45. The molecule has 0 aliphatic carbocycles. The molecule has 0 heterocycles. The van der Waals surface area contributed by atoms with Crippen molar-refractivity contribution in [1.82, 2.24) is 5.32 Å². The lowest BCUT2D eigenvalue weighted by atomic mass is 10.1. The van der Waals surface area contributed by atoms with Gasteiger partial charge in [0.1, 0.15) is 0 Å². The number of nitrogens with one attached hydrogen (secondary N) is 2. The van der Waals surface area contributed by atoms with Gasteiger partial charge >= 0.3 is 0 Å². The van der Waals surface area contributed by atoms with Gasteiger partial charge in [-0.1, -0.05) is 0 Å². The topological polar surface area (TPSA) is 105 Å². The minimum atomic E-state index is -1.74. The molecule has 0 bridgehead atoms. The average Bonchev–Trinajstić information content (AvgIpc) is 2.65. The first-order chi connectivity index (χ1) is 13.1. The van der Waals surface area contributed by atoms with E-state index in [0.29, 0.717) is 11.8 Å². The Morgan fingerprint density at radius 1 is 1.11 bits per heavy atom. The van der Waals surface area contributed by atoms with Crippen LogP contribution in [0.3, 0.4) is 0 Å². The van der Waals surface area contributed by atoms with Crippen molar-refractivity contribution in [1.29, 1.82) is 0 Å². The molecule has 2 amide bonds. The molecule has 0 aromatic heterocycles. The molecule has 8 nitrogen and oxygen atoms in total. The molecule has 2 aromatic carbocycles. The summed E-state index contributed by atoms with van der Waals surface area (Å²) in [5.74, 6) is -6.42. The second-order valence-electron chi connectivity index (χ2n) is 5.81. The van der Waals surface area contributed by atoms with Crippen molar-refractivity contribution in [3.8, 4) is 0 Å². The van der Waals surface area contributed by atoms with Crippen molar-refractivity contribution >= 4 is 28.9 Å². The molecule has 2 rings (SSSR count). The summed E-state index contributed by atoms with van der Waals surface area (Å²) < 4.78 is 39.6. The number of nitro benzene ring substituents is 1. The van der Waals surface area contributed by atoms with E-state index in [1.807, 2.05) is 5.32 Å². The van der Waals surface area contributed by atoms with E-state index in [9.17, 15) is 32.9 Å². The summed E-state index contributed by atoms with van der Waals surface area (Å²) >= 11 is 0. The molecule has 2 N–H and O–H groups in total. The van der Waals surface area contributed by atoms with Crippen LogP contribution in [0, 0.1) is 27.6 Å². The molecule has 0 unspecified atom stereocenters. The quantitative estimate of drug-likeness (QED) is 0.443. The third kappa shape index (κ3) is 4.55. The van der Waals surface area contributed by atoms with Crippen LogP contribution in [0.5, 0.6) is 0 Å². The molecule has 28 heavy (non-hydrogen) atoms. The van der Waals surface area contributed by atoms with E-state index in [0.717, 1.165) is 12.1 Å². The highest BCUT2D eigenvalue weighted by molar-refractivity contribution is 6.03. The van der Waals surface area contributed by atoms with Gasteiger partial charge in [0.15, 0.2) is 17.5 Å². The zero-order valence-corrected chi connectivity index (χ0v) is 14.8. The molecular formula is C17H15F3N4O4. The standard InChI is InChI=1S/C17H15F3N4O4/c1-23(2)13-6-3-9(24(27)28)7-10(13)17(26)21-8-14(25)22-12-5-4-11(18)15(19)16(12)20/h3-7H,8H2,1-2H3,(H,21,26)(H,22,25). The Balaban J connectivity index is 2.11. The molecule has 0 saturated carbocycles. The van der Waals surface area contributed by atoms with E-state index in [-0.39, 0.29) is 11.3 Å². The van der Waals surface area contributed by atoms with Gasteiger partial charge in [-0.2, -0.15) is 0 Å². The lowest BCUT2D eigenvalue weighted by molar-refractivity contribution is -0.384. The van der Waals surface area contributed by atoms with Crippen molar-refractivity contribution in [2.45, 2.75) is 0 Å². The molecule has 0 atom stereocenters. The van der Waals surface area contributed by atoms with Crippen LogP contribution in [0.4, 0.5) is 30.2 Å². The van der Waals surface area contributed by atoms with Crippen LogP contribution in [0.15, 0.2) is 30.3 Å². The number of carbonyl (C=O) groups is 2. The van der Waals surface area contributed by atoms with E-state index in [4.69, 9.17) is 0 Å². The summed E-state index contributed by atoms with van der Waals surface area (Å²) in [7, 11) is 3.24. The van der Waals surface area contributed by atoms with Crippen LogP contribution in [0.1, 0.15) is 10.4 Å². The first-order valence-electron chi connectivity index (χ1n) is 7.79. The second kappa shape index (κ2) is 8.37. The van der Waals surface area contributed by atoms with Crippen molar-refractivity contribution in [3.63, 3.8) is 0 Å². The molecule has 0 fully saturated rings. The van der Waals surface area contributed by atoms with Crippen LogP contribution in [0.2, 0.25) is 0 Å². The summed E-state index contributed by atoms with van der Waals surface area (Å²) in [6, 6.07) is 5.13. The third-order valence-electron chi connectivity index (χ3n) is 3.64. The number of halogens is 3. The summed E-state index contributed by atoms with van der Waals surface area (Å²) in [5.41, 5.74) is -0.590. The highest BCUT2D eigenvalue weighted by Crippen LogP contribution is 2.24. The van der Waals surface area contributed by atoms with Crippen molar-refractivity contribution in [2.24, 2.45) is 0 Å². The Bertz CT molecular complexity index is 950. The number of nitro groups is 1. The van der Waals surface area contributed by atoms with Crippen LogP contribution in [0.25, 0.3) is 0 Å². The molecule has 148 valence electrons. The fraction of sp³-hybridized carbons (Fsp3) is 0.176. The number of nitrogens with zero attached hydrogens (tertiary/aromatic N) is 2. The maximum Gasteiger partial charge on any atom is 0.270 e. The molecule has 0 radical (unpaired) electrons. The Morgan fingerprint density at radius 3 is 2.39 bits per heavy atom. The number of benzene rings is 2. The van der Waals surface area contributed by atoms with Crippen LogP contribution in [-0.2, 0) is 4.79 Å². The molecule has 0 aliphatic rings. The number of anilines is 2. The summed E-state index contributed by atoms with van der Waals surface area (Å²) in [6.45, 7) is -0.632. The Kier molecular flexibility index (Phi) is 6.18. The number of hydrogen-bond acceptors (Lipinski definition) is 5. The number of carbonyl (C=O) groups excluding carboxylic acids is 2. The Morgan fingerprint density at radius 2 is 1.79 bits per heavy atom. The number of non-ortho nitro benzene ring substituents is 1. The summed E-state index contributed by atoms with van der Waals surface area (Å²) in [5, 5.41) is 15.1. The highest BCUT2D eigenvalue weighted by Gasteiger charge is 2.19. The fourth-order valence-electron chi connectivity index (χ4n) is 2.28. The summed E-state index contributed by atoms with van der Waals surface area (Å²) in [6.07, 6.45) is 0. The maximum atomic E-state index is 13.6. The predicted molar refractivity (Wildman–Crippen MR) is 94.7 cm³/mol. The van der Waals surface area contributed by atoms with Crippen LogP contribution in [-0.4, -0.2) is 37.4 Å². The van der Waals surface area contributed by atoms with E-state index in [2.05, 4.69) is 5.32 Å². The smallest absolute Gasteiger partial charge is 0.270 e. The monoisotopic (exact) mass is 396 g/mol. The molecule has 0 aliphatic heterocycles. The lowest BCUT2D eigenvalue weighted by Gasteiger charge is -2.17. The molecule has 0 saturated heterocycles. The van der Waals surface area contributed by atoms with E-state index in [1.165, 1.54) is 12.1 Å². The van der Waals surface area contributed by atoms with Gasteiger partial charge in [0.2, 0.25) is 5.91 Å². The zero-order valence-electron chi connectivity index (χ0n) is 14.8. The SMILES string of the molecule is CN(C)c1ccc([N+](=O)[O-])cc1C(=O)NCC(=O)Nc1ccc(F)c(F)c1F. The highest BCUT2D eigenvalue weighted by atomic mass is 19.2. The van der Waals surface area contributed by atoms with Gasteiger partial charge in [-0.3, -0.25) is 19.7 Å². The Hall–Kier alpha value is -3.63. The lowest BCUT2D eigenvalue weighted by Crippen LogP contribution is -2.34. The van der Waals surface area contributed by atoms with Crippen LogP contribution < -0.4 is 15.5 Å². The van der Waals surface area contributed by atoms with Gasteiger partial charge in [0.05, 0.1) is 22.7 Å². The van der Waals surface area contributed by atoms with E-state index >= 15 is 0 Å². The molecular weight excluding hydrogens is 381 g/mol. The van der Waals surface area contributed by atoms with Gasteiger partial charge in [-0.15, -0.1) is 0 Å². The van der Waals surface area contributed by atoms with E-state index in [1.54, 1.807) is 19.0 Å². The molecule has 0 spiro atoms. The maximum absolute atomic E-state index is 13.6. The van der Waals surface area contributed by atoms with Gasteiger partial charge in [0, 0.05) is 31.9 Å². The minimum Gasteiger partial charge on any atom is -0.377 e. The van der Waals surface area contributed by atoms with Gasteiger partial charge < -0.3 is 15.5 Å². The number of amides is 2. The largest absolute Gasteiger partial charge is 0.377 e. The molecule has 11 heteroatoms.